The van der Waals surface area contributed by atoms with Gasteiger partial charge in [-0.05, 0) is 12.1 Å². The number of carbonyl (C=O) groups is 1. The van der Waals surface area contributed by atoms with Gasteiger partial charge in [0.25, 0.3) is 5.88 Å². The first-order valence-electron chi connectivity index (χ1n) is 7.41. The number of benzene rings is 2. The predicted octanol–water partition coefficient (Wildman–Crippen LogP) is 2.91. The molecule has 0 atom stereocenters. The van der Waals surface area contributed by atoms with Gasteiger partial charge in [-0.1, -0.05) is 42.5 Å². The Morgan fingerprint density at radius 3 is 2.58 bits per heavy atom. The molecule has 0 aliphatic rings. The summed E-state index contributed by atoms with van der Waals surface area (Å²) in [7, 11) is 0. The summed E-state index contributed by atoms with van der Waals surface area (Å²) in [5, 5.41) is 0.831. The minimum Gasteiger partial charge on any atom is -0.449 e. The summed E-state index contributed by atoms with van der Waals surface area (Å²) in [4.78, 5) is 20.6. The summed E-state index contributed by atoms with van der Waals surface area (Å²) < 4.78 is 11.0. The van der Waals surface area contributed by atoms with Crippen LogP contribution in [-0.2, 0) is 4.79 Å². The predicted molar refractivity (Wildman–Crippen MR) is 89.4 cm³/mol. The van der Waals surface area contributed by atoms with Gasteiger partial charge in [0.1, 0.15) is 11.1 Å². The van der Waals surface area contributed by atoms with Gasteiger partial charge in [-0.15, -0.1) is 0 Å². The molecule has 0 fully saturated rings. The number of nitrogens with zero attached hydrogens (tertiary/aromatic N) is 2. The summed E-state index contributed by atoms with van der Waals surface area (Å²) in [6, 6.07) is 16.9. The van der Waals surface area contributed by atoms with Crippen molar-refractivity contribution < 1.29 is 13.9 Å². The number of carbonyl (C=O) groups excluding carboxylic acids is 1. The van der Waals surface area contributed by atoms with E-state index in [1.165, 1.54) is 0 Å². The number of para-hydroxylation sites is 1. The minimum absolute atomic E-state index is 0.0745. The van der Waals surface area contributed by atoms with Crippen molar-refractivity contribution in [3.8, 4) is 17.3 Å². The van der Waals surface area contributed by atoms with Gasteiger partial charge >= 0.3 is 5.97 Å². The summed E-state index contributed by atoms with van der Waals surface area (Å²) in [6.45, 7) is -0.244. The van der Waals surface area contributed by atoms with E-state index in [0.717, 1.165) is 10.9 Å². The Morgan fingerprint density at radius 2 is 1.79 bits per heavy atom. The molecule has 0 unspecified atom stereocenters. The summed E-state index contributed by atoms with van der Waals surface area (Å²) in [6.07, 6.45) is 0. The first-order chi connectivity index (χ1) is 11.8. The fourth-order valence-electron chi connectivity index (χ4n) is 2.50. The van der Waals surface area contributed by atoms with E-state index in [1.807, 2.05) is 54.6 Å². The van der Waals surface area contributed by atoms with E-state index in [-0.39, 0.29) is 12.4 Å². The molecule has 4 rings (SSSR count). The normalized spacial score (nSPS) is 11.0. The smallest absolute Gasteiger partial charge is 0.326 e. The standard InChI is InChI=1S/C18H13N3O3/c19-10-14(22)24-18-16-15(12-8-4-5-9-13(12)23-16)20-17(21-18)11-6-2-1-3-7-11/h1-9H,10,19H2. The molecule has 0 amide bonds. The largest absolute Gasteiger partial charge is 0.449 e. The molecule has 6 nitrogen and oxygen atoms in total. The summed E-state index contributed by atoms with van der Waals surface area (Å²) >= 11 is 0. The lowest BCUT2D eigenvalue weighted by molar-refractivity contribution is -0.132. The first-order valence-corrected chi connectivity index (χ1v) is 7.41. The first kappa shape index (κ1) is 14.3. The van der Waals surface area contributed by atoms with Crippen molar-refractivity contribution >= 4 is 28.0 Å². The summed E-state index contributed by atoms with van der Waals surface area (Å²) in [5.41, 5.74) is 7.73. The molecule has 2 heterocycles. The van der Waals surface area contributed by atoms with Crippen LogP contribution < -0.4 is 10.5 Å². The highest BCUT2D eigenvalue weighted by molar-refractivity contribution is 6.04. The fourth-order valence-corrected chi connectivity index (χ4v) is 2.50. The second-order valence-electron chi connectivity index (χ2n) is 5.17. The van der Waals surface area contributed by atoms with Crippen molar-refractivity contribution in [2.45, 2.75) is 0 Å². The second-order valence-corrected chi connectivity index (χ2v) is 5.17. The number of ether oxygens (including phenoxy) is 1. The third kappa shape index (κ3) is 2.39. The number of esters is 1. The molecule has 2 N–H and O–H groups in total. The van der Waals surface area contributed by atoms with Crippen LogP contribution in [0.3, 0.4) is 0 Å². The van der Waals surface area contributed by atoms with Gasteiger partial charge in [-0.3, -0.25) is 4.79 Å². The summed E-state index contributed by atoms with van der Waals surface area (Å²) in [5.74, 6) is -0.0607. The molecule has 0 bridgehead atoms. The van der Waals surface area contributed by atoms with E-state index in [9.17, 15) is 4.79 Å². The molecule has 0 aliphatic heterocycles. The van der Waals surface area contributed by atoms with E-state index >= 15 is 0 Å². The molecule has 24 heavy (non-hydrogen) atoms. The van der Waals surface area contributed by atoms with Gasteiger partial charge < -0.3 is 14.9 Å². The number of rotatable bonds is 3. The molecule has 0 saturated heterocycles. The van der Waals surface area contributed by atoms with Crippen LogP contribution in [0.2, 0.25) is 0 Å². The lowest BCUT2D eigenvalue weighted by Gasteiger charge is -2.05. The van der Waals surface area contributed by atoms with Crippen molar-refractivity contribution in [3.05, 3.63) is 54.6 Å². The highest BCUT2D eigenvalue weighted by Gasteiger charge is 2.19. The van der Waals surface area contributed by atoms with Crippen LogP contribution >= 0.6 is 0 Å². The molecule has 0 radical (unpaired) electrons. The van der Waals surface area contributed by atoms with Crippen molar-refractivity contribution in [2.24, 2.45) is 5.73 Å². The quantitative estimate of drug-likeness (QED) is 0.584. The molecule has 0 saturated carbocycles. The third-order valence-electron chi connectivity index (χ3n) is 3.60. The van der Waals surface area contributed by atoms with E-state index in [2.05, 4.69) is 9.97 Å². The maximum atomic E-state index is 11.6. The van der Waals surface area contributed by atoms with Crippen molar-refractivity contribution in [1.82, 2.24) is 9.97 Å². The Bertz CT molecular complexity index is 1040. The Morgan fingerprint density at radius 1 is 1.04 bits per heavy atom. The van der Waals surface area contributed by atoms with Gasteiger partial charge in [-0.25, -0.2) is 4.98 Å². The number of fused-ring (bicyclic) bond motifs is 3. The van der Waals surface area contributed by atoms with Gasteiger partial charge in [0.2, 0.25) is 5.58 Å². The number of nitrogens with two attached hydrogens (primary N) is 1. The molecule has 0 spiro atoms. The zero-order valence-corrected chi connectivity index (χ0v) is 12.6. The third-order valence-corrected chi connectivity index (χ3v) is 3.60. The van der Waals surface area contributed by atoms with Crippen molar-refractivity contribution in [2.75, 3.05) is 6.54 Å². The molecular weight excluding hydrogens is 306 g/mol. The average molecular weight is 319 g/mol. The maximum Gasteiger partial charge on any atom is 0.326 e. The molecular formula is C18H13N3O3. The molecule has 2 aromatic carbocycles. The minimum atomic E-state index is -0.588. The monoisotopic (exact) mass is 319 g/mol. The van der Waals surface area contributed by atoms with E-state index in [0.29, 0.717) is 22.5 Å². The van der Waals surface area contributed by atoms with Crippen LogP contribution in [-0.4, -0.2) is 22.5 Å². The highest BCUT2D eigenvalue weighted by Crippen LogP contribution is 2.34. The van der Waals surface area contributed by atoms with E-state index in [4.69, 9.17) is 14.9 Å². The van der Waals surface area contributed by atoms with E-state index in [1.54, 1.807) is 0 Å². The van der Waals surface area contributed by atoms with Crippen LogP contribution in [0.15, 0.2) is 59.0 Å². The number of hydrogen-bond acceptors (Lipinski definition) is 6. The van der Waals surface area contributed by atoms with Gasteiger partial charge in [0.05, 0.1) is 6.54 Å². The molecule has 4 aromatic rings. The zero-order valence-electron chi connectivity index (χ0n) is 12.6. The molecule has 118 valence electrons. The second kappa shape index (κ2) is 5.75. The SMILES string of the molecule is NCC(=O)Oc1nc(-c2ccccc2)nc2c1oc1ccccc12. The van der Waals surface area contributed by atoms with Gasteiger partial charge in [0, 0.05) is 10.9 Å². The van der Waals surface area contributed by atoms with Crippen molar-refractivity contribution in [1.29, 1.82) is 0 Å². The van der Waals surface area contributed by atoms with Crippen molar-refractivity contribution in [3.63, 3.8) is 0 Å². The van der Waals surface area contributed by atoms with Crippen LogP contribution in [0, 0.1) is 0 Å². The highest BCUT2D eigenvalue weighted by atomic mass is 16.5. The number of furan rings is 1. The lowest BCUT2D eigenvalue weighted by Crippen LogP contribution is -2.20. The van der Waals surface area contributed by atoms with Crippen LogP contribution in [0.4, 0.5) is 0 Å². The Kier molecular flexibility index (Phi) is 3.44. The molecule has 2 aromatic heterocycles. The average Bonchev–Trinajstić information content (AvgIpc) is 3.01. The lowest BCUT2D eigenvalue weighted by atomic mass is 10.2. The maximum absolute atomic E-state index is 11.6. The van der Waals surface area contributed by atoms with Crippen LogP contribution in [0.5, 0.6) is 5.88 Å². The Hall–Kier alpha value is -3.25. The molecule has 0 aliphatic carbocycles. The van der Waals surface area contributed by atoms with Crippen LogP contribution in [0.1, 0.15) is 0 Å². The fraction of sp³-hybridized carbons (Fsp3) is 0.0556. The topological polar surface area (TPSA) is 91.2 Å². The van der Waals surface area contributed by atoms with Gasteiger partial charge in [0.15, 0.2) is 5.82 Å². The Balaban J connectivity index is 2.01. The zero-order chi connectivity index (χ0) is 16.5. The number of hydrogen-bond donors (Lipinski definition) is 1. The Labute approximate surface area is 136 Å². The molecule has 6 heteroatoms. The van der Waals surface area contributed by atoms with E-state index < -0.39 is 5.97 Å². The van der Waals surface area contributed by atoms with Gasteiger partial charge in [-0.2, -0.15) is 4.98 Å². The van der Waals surface area contributed by atoms with Crippen LogP contribution in [0.25, 0.3) is 33.5 Å². The number of aromatic nitrogens is 2.